The Bertz CT molecular complexity index is 59.8. The summed E-state index contributed by atoms with van der Waals surface area (Å²) in [7, 11) is 0. The second kappa shape index (κ2) is 4.65. The molecule has 0 aliphatic rings. The minimum atomic E-state index is 0.813. The zero-order chi connectivity index (χ0) is 4.83. The molecular formula is C2H5N3S. The Kier molecular flexibility index (Phi) is 4.38. The molecule has 0 radical (unpaired) electrons. The highest BCUT2D eigenvalue weighted by Crippen LogP contribution is 1.86. The van der Waals surface area contributed by atoms with Crippen molar-refractivity contribution in [1.29, 1.82) is 0 Å². The zero-order valence-electron chi connectivity index (χ0n) is 3.16. The molecule has 0 saturated carbocycles. The van der Waals surface area contributed by atoms with Crippen LogP contribution < -0.4 is 5.14 Å². The molecule has 0 spiro atoms. The van der Waals surface area contributed by atoms with Crippen molar-refractivity contribution in [2.45, 2.75) is 0 Å². The second-order valence-electron chi connectivity index (χ2n) is 0.485. The van der Waals surface area contributed by atoms with Gasteiger partial charge in [-0.2, -0.15) is 5.11 Å². The molecule has 0 atom stereocenters. The van der Waals surface area contributed by atoms with Crippen molar-refractivity contribution in [1.82, 2.24) is 0 Å². The van der Waals surface area contributed by atoms with Gasteiger partial charge in [-0.3, -0.25) is 5.14 Å². The van der Waals surface area contributed by atoms with Crippen LogP contribution in [0.5, 0.6) is 0 Å². The summed E-state index contributed by atoms with van der Waals surface area (Å²) in [5.41, 5.74) is 0. The van der Waals surface area contributed by atoms with E-state index in [2.05, 4.69) is 16.2 Å². The molecule has 0 rings (SSSR count). The average Bonchev–Trinajstić information content (AvgIpc) is 1.61. The van der Waals surface area contributed by atoms with Crippen LogP contribution in [0.4, 0.5) is 0 Å². The van der Waals surface area contributed by atoms with Crippen molar-refractivity contribution in [3.8, 4) is 0 Å². The fraction of sp³-hybridized carbons (Fsp3) is 0. The van der Waals surface area contributed by atoms with Crippen LogP contribution in [0.1, 0.15) is 0 Å². The third-order valence-electron chi connectivity index (χ3n) is 0.176. The lowest BCUT2D eigenvalue weighted by Crippen LogP contribution is -1.65. The molecule has 6 heavy (non-hydrogen) atoms. The van der Waals surface area contributed by atoms with E-state index in [1.165, 1.54) is 6.20 Å². The highest BCUT2D eigenvalue weighted by Gasteiger charge is 1.56. The van der Waals surface area contributed by atoms with Crippen molar-refractivity contribution >= 4 is 12.1 Å². The van der Waals surface area contributed by atoms with Crippen LogP contribution >= 0.6 is 12.1 Å². The van der Waals surface area contributed by atoms with Gasteiger partial charge in [0.1, 0.15) is 0 Å². The quantitative estimate of drug-likeness (QED) is 0.420. The van der Waals surface area contributed by atoms with Gasteiger partial charge in [0.25, 0.3) is 0 Å². The smallest absolute Gasteiger partial charge is 0.0796 e. The monoisotopic (exact) mass is 103 g/mol. The Hall–Kier alpha value is -0.350. The number of nitrogens with zero attached hydrogens (tertiary/aromatic N) is 2. The summed E-state index contributed by atoms with van der Waals surface area (Å²) in [5, 5.41) is 8.14. The maximum Gasteiger partial charge on any atom is 0.0796 e. The van der Waals surface area contributed by atoms with Crippen molar-refractivity contribution in [3.63, 3.8) is 0 Å². The summed E-state index contributed by atoms with van der Waals surface area (Å²) in [6, 6.07) is 0. The Morgan fingerprint density at radius 2 is 2.50 bits per heavy atom. The van der Waals surface area contributed by atoms with Gasteiger partial charge in [-0.05, 0) is 0 Å². The topological polar surface area (TPSA) is 50.7 Å². The van der Waals surface area contributed by atoms with Crippen LogP contribution in [0.15, 0.2) is 22.4 Å². The fourth-order valence-electron chi connectivity index (χ4n) is 0.0605. The molecule has 0 aromatic heterocycles. The van der Waals surface area contributed by atoms with E-state index in [1.807, 2.05) is 0 Å². The van der Waals surface area contributed by atoms with Crippen LogP contribution in [0, 0.1) is 0 Å². The molecule has 4 heteroatoms. The Labute approximate surface area is 40.6 Å². The molecule has 0 aromatic carbocycles. The van der Waals surface area contributed by atoms with E-state index in [0.29, 0.717) is 0 Å². The van der Waals surface area contributed by atoms with Gasteiger partial charge in [0.2, 0.25) is 0 Å². The SMILES string of the molecule is C=C/N=N\SN. The molecular weight excluding hydrogens is 98.1 g/mol. The Morgan fingerprint density at radius 3 is 2.67 bits per heavy atom. The second-order valence-corrected chi connectivity index (χ2v) is 0.859. The van der Waals surface area contributed by atoms with E-state index >= 15 is 0 Å². The van der Waals surface area contributed by atoms with E-state index in [4.69, 9.17) is 5.14 Å². The van der Waals surface area contributed by atoms with Gasteiger partial charge in [0.15, 0.2) is 0 Å². The van der Waals surface area contributed by atoms with Crippen molar-refractivity contribution < 1.29 is 0 Å². The third-order valence-corrected chi connectivity index (χ3v) is 0.364. The minimum Gasteiger partial charge on any atom is -0.256 e. The Balaban J connectivity index is 2.94. The van der Waals surface area contributed by atoms with Crippen molar-refractivity contribution in [2.75, 3.05) is 0 Å². The lowest BCUT2D eigenvalue weighted by Gasteiger charge is -1.67. The van der Waals surface area contributed by atoms with E-state index in [0.717, 1.165) is 12.1 Å². The van der Waals surface area contributed by atoms with E-state index in [1.54, 1.807) is 0 Å². The van der Waals surface area contributed by atoms with Gasteiger partial charge < -0.3 is 0 Å². The fourth-order valence-corrected chi connectivity index (χ4v) is 0.182. The summed E-state index contributed by atoms with van der Waals surface area (Å²) in [5.74, 6) is 0. The van der Waals surface area contributed by atoms with Crippen molar-refractivity contribution in [2.24, 2.45) is 14.8 Å². The van der Waals surface area contributed by atoms with Gasteiger partial charge in [0.05, 0.1) is 12.1 Å². The molecule has 2 N–H and O–H groups in total. The molecule has 34 valence electrons. The minimum absolute atomic E-state index is 0.813. The first-order chi connectivity index (χ1) is 2.91. The molecule has 0 bridgehead atoms. The van der Waals surface area contributed by atoms with Crippen LogP contribution in [0.25, 0.3) is 0 Å². The van der Waals surface area contributed by atoms with Crippen LogP contribution in [0.2, 0.25) is 0 Å². The predicted octanol–water partition coefficient (Wildman–Crippen LogP) is 1.10. The predicted molar refractivity (Wildman–Crippen MR) is 26.8 cm³/mol. The molecule has 0 heterocycles. The van der Waals surface area contributed by atoms with E-state index in [-0.39, 0.29) is 0 Å². The standard InChI is InChI=1S/C2H5N3S/c1-2-4-5-6-3/h2H,1,3H2/b5-4-. The van der Waals surface area contributed by atoms with Crippen molar-refractivity contribution in [3.05, 3.63) is 12.8 Å². The third kappa shape index (κ3) is 3.65. The van der Waals surface area contributed by atoms with E-state index in [9.17, 15) is 0 Å². The first-order valence-electron chi connectivity index (χ1n) is 1.28. The van der Waals surface area contributed by atoms with Crippen LogP contribution in [0.3, 0.4) is 0 Å². The first kappa shape index (κ1) is 5.65. The number of rotatable bonds is 2. The summed E-state index contributed by atoms with van der Waals surface area (Å²) in [6.07, 6.45) is 1.32. The normalized spacial score (nSPS) is 9.50. The number of hydrogen-bond acceptors (Lipinski definition) is 4. The molecule has 0 fully saturated rings. The molecule has 0 aliphatic heterocycles. The maximum absolute atomic E-state index is 4.82. The zero-order valence-corrected chi connectivity index (χ0v) is 3.98. The highest BCUT2D eigenvalue weighted by molar-refractivity contribution is 7.95. The van der Waals surface area contributed by atoms with Crippen LogP contribution in [-0.4, -0.2) is 0 Å². The molecule has 3 nitrogen and oxygen atoms in total. The lowest BCUT2D eigenvalue weighted by atomic mass is 11.1. The largest absolute Gasteiger partial charge is 0.256 e. The van der Waals surface area contributed by atoms with Gasteiger partial charge in [0, 0.05) is 6.20 Å². The Morgan fingerprint density at radius 1 is 1.83 bits per heavy atom. The maximum atomic E-state index is 4.82. The first-order valence-corrected chi connectivity index (χ1v) is 2.12. The molecule has 0 amide bonds. The summed E-state index contributed by atoms with van der Waals surface area (Å²) >= 11 is 0.813. The lowest BCUT2D eigenvalue weighted by molar-refractivity contribution is 1.35. The van der Waals surface area contributed by atoms with Gasteiger partial charge in [-0.1, -0.05) is 11.1 Å². The number of hydrogen-bond donors (Lipinski definition) is 1. The summed E-state index contributed by atoms with van der Waals surface area (Å²) in [4.78, 5) is 0. The summed E-state index contributed by atoms with van der Waals surface area (Å²) < 4.78 is 3.29. The summed E-state index contributed by atoms with van der Waals surface area (Å²) in [6.45, 7) is 3.27. The highest BCUT2D eigenvalue weighted by atomic mass is 32.2. The van der Waals surface area contributed by atoms with Crippen LogP contribution in [-0.2, 0) is 0 Å². The van der Waals surface area contributed by atoms with E-state index < -0.39 is 0 Å². The molecule has 0 saturated heterocycles. The molecule has 0 unspecified atom stereocenters. The number of nitrogens with two attached hydrogens (primary N) is 1. The van der Waals surface area contributed by atoms with Gasteiger partial charge in [-0.25, -0.2) is 0 Å². The van der Waals surface area contributed by atoms with Gasteiger partial charge in [-0.15, -0.1) is 0 Å². The molecule has 0 aromatic rings. The molecule has 0 aliphatic carbocycles. The van der Waals surface area contributed by atoms with Gasteiger partial charge >= 0.3 is 0 Å². The average molecular weight is 103 g/mol.